The van der Waals surface area contributed by atoms with Crippen LogP contribution in [0.4, 0.5) is 4.79 Å². The number of carbonyl (C=O) groups excluding carboxylic acids is 7. The van der Waals surface area contributed by atoms with Crippen LogP contribution in [0.1, 0.15) is 145 Å². The van der Waals surface area contributed by atoms with Crippen LogP contribution in [0.15, 0.2) is 12.7 Å². The number of Topliss-reactive ketones (excluding diaryl/α,β-unsaturated/α-hetero) is 3. The number of ketones is 3. The van der Waals surface area contributed by atoms with E-state index in [-0.39, 0.29) is 85.8 Å². The number of allylic oxidation sites excluding steroid dienone is 1. The summed E-state index contributed by atoms with van der Waals surface area (Å²) in [5.41, 5.74) is -1.71. The summed E-state index contributed by atoms with van der Waals surface area (Å²) in [6.45, 7) is 20.0. The molecule has 4 fully saturated rings. The van der Waals surface area contributed by atoms with Crippen molar-refractivity contribution >= 4 is 41.1 Å². The maximum absolute atomic E-state index is 15.2. The molecule has 0 bridgehead atoms. The van der Waals surface area contributed by atoms with E-state index in [1.807, 2.05) is 41.5 Å². The number of hydrogen-bond donors (Lipinski definition) is 2. The minimum atomic E-state index is -0.959. The molecule has 4 rings (SSSR count). The van der Waals surface area contributed by atoms with Crippen molar-refractivity contribution in [1.29, 1.82) is 0 Å². The first-order valence-corrected chi connectivity index (χ1v) is 20.9. The fourth-order valence-corrected chi connectivity index (χ4v) is 9.80. The molecule has 4 aliphatic rings. The molecule has 2 aliphatic heterocycles. The third-order valence-corrected chi connectivity index (χ3v) is 13.5. The van der Waals surface area contributed by atoms with Gasteiger partial charge >= 0.3 is 6.03 Å². The summed E-state index contributed by atoms with van der Waals surface area (Å²) >= 11 is 0. The Labute approximate surface area is 335 Å². The lowest BCUT2D eigenvalue weighted by Crippen LogP contribution is -2.63. The average Bonchev–Trinajstić information content (AvgIpc) is 3.64. The molecule has 2 heterocycles. The first-order valence-electron chi connectivity index (χ1n) is 20.9. The zero-order chi connectivity index (χ0) is 41.8. The molecular formula is C45H68N4O7. The molecule has 0 spiro atoms. The summed E-state index contributed by atoms with van der Waals surface area (Å²) in [6, 6.07) is -2.95. The Hall–Kier alpha value is -3.81. The minimum Gasteiger partial charge on any atom is -0.333 e. The standard InChI is InChI=1S/C45H68N4O7/c1-11-13-18-29(38(54)32(50)19-14-12-2)24-33(51)37-30-20-23-44(8,9)31(30)27-49(37)40(55)39(45(10)21-16-15-17-22-45)47-41(56)46-34(42(3,4)5)28-48-35(52)25-43(6,7)26-36(48)53/h1,12,29-31,34,37,39H,2,13-28H2,3-10H3,(H2,46,47,56)/t29?,30-,31-,34+,37-,39+/m0/s1. The number of carbonyl (C=O) groups is 7. The molecule has 0 aromatic rings. The lowest BCUT2D eigenvalue weighted by atomic mass is 9.70. The van der Waals surface area contributed by atoms with Crippen LogP contribution in [0.2, 0.25) is 0 Å². The van der Waals surface area contributed by atoms with Gasteiger partial charge in [-0.2, -0.15) is 0 Å². The van der Waals surface area contributed by atoms with E-state index in [0.29, 0.717) is 25.8 Å². The molecule has 2 aliphatic carbocycles. The highest BCUT2D eigenvalue weighted by Gasteiger charge is 2.57. The van der Waals surface area contributed by atoms with Gasteiger partial charge in [0.1, 0.15) is 6.04 Å². The summed E-state index contributed by atoms with van der Waals surface area (Å²) < 4.78 is 0. The normalized spacial score (nSPS) is 25.7. The van der Waals surface area contributed by atoms with E-state index in [1.54, 1.807) is 11.0 Å². The summed E-state index contributed by atoms with van der Waals surface area (Å²) in [5, 5.41) is 6.12. The van der Waals surface area contributed by atoms with Crippen molar-refractivity contribution in [3.05, 3.63) is 12.7 Å². The van der Waals surface area contributed by atoms with Gasteiger partial charge in [0.25, 0.3) is 0 Å². The monoisotopic (exact) mass is 777 g/mol. The molecule has 0 aromatic heterocycles. The third-order valence-electron chi connectivity index (χ3n) is 13.5. The van der Waals surface area contributed by atoms with Crippen molar-refractivity contribution in [2.45, 2.75) is 163 Å². The highest BCUT2D eigenvalue weighted by molar-refractivity contribution is 6.38. The van der Waals surface area contributed by atoms with Crippen LogP contribution in [0.3, 0.4) is 0 Å². The Morgan fingerprint density at radius 2 is 1.59 bits per heavy atom. The van der Waals surface area contributed by atoms with Crippen molar-refractivity contribution < 1.29 is 33.6 Å². The van der Waals surface area contributed by atoms with Crippen molar-refractivity contribution in [3.8, 4) is 12.3 Å². The lowest BCUT2D eigenvalue weighted by molar-refractivity contribution is -0.153. The van der Waals surface area contributed by atoms with E-state index >= 15 is 4.79 Å². The van der Waals surface area contributed by atoms with E-state index < -0.39 is 57.9 Å². The molecule has 6 atom stereocenters. The van der Waals surface area contributed by atoms with Gasteiger partial charge in [-0.1, -0.05) is 80.7 Å². The van der Waals surface area contributed by atoms with Crippen LogP contribution in [0.25, 0.3) is 0 Å². The zero-order valence-electron chi connectivity index (χ0n) is 35.4. The number of piperidine rings is 1. The summed E-state index contributed by atoms with van der Waals surface area (Å²) in [4.78, 5) is 99.4. The molecule has 0 radical (unpaired) electrons. The Morgan fingerprint density at radius 1 is 0.964 bits per heavy atom. The molecule has 2 N–H and O–H groups in total. The van der Waals surface area contributed by atoms with Crippen molar-refractivity contribution in [3.63, 3.8) is 0 Å². The van der Waals surface area contributed by atoms with E-state index in [1.165, 1.54) is 4.90 Å². The number of amides is 5. The number of terminal acetylenes is 1. The first-order chi connectivity index (χ1) is 26.0. The smallest absolute Gasteiger partial charge is 0.315 e. The van der Waals surface area contributed by atoms with Crippen molar-refractivity contribution in [1.82, 2.24) is 20.4 Å². The molecule has 11 nitrogen and oxygen atoms in total. The third kappa shape index (κ3) is 10.4. The number of rotatable bonds is 16. The maximum atomic E-state index is 15.2. The van der Waals surface area contributed by atoms with Gasteiger partial charge in [-0.05, 0) is 72.0 Å². The molecule has 56 heavy (non-hydrogen) atoms. The Bertz CT molecular complexity index is 1570. The van der Waals surface area contributed by atoms with E-state index in [0.717, 1.165) is 32.1 Å². The summed E-state index contributed by atoms with van der Waals surface area (Å²) in [7, 11) is 0. The number of likely N-dealkylation sites (tertiary alicyclic amines) is 2. The number of nitrogens with zero attached hydrogens (tertiary/aromatic N) is 2. The van der Waals surface area contributed by atoms with Crippen LogP contribution in [-0.4, -0.2) is 82.1 Å². The maximum Gasteiger partial charge on any atom is 0.315 e. The molecule has 11 heteroatoms. The zero-order valence-corrected chi connectivity index (χ0v) is 35.4. The van der Waals surface area contributed by atoms with Gasteiger partial charge in [-0.3, -0.25) is 33.7 Å². The number of hydrogen-bond acceptors (Lipinski definition) is 7. The first kappa shape index (κ1) is 44.9. The van der Waals surface area contributed by atoms with Crippen molar-refractivity contribution in [2.75, 3.05) is 13.1 Å². The number of nitrogens with one attached hydrogen (secondary N) is 2. The fraction of sp³-hybridized carbons (Fsp3) is 0.756. The van der Waals surface area contributed by atoms with Crippen molar-refractivity contribution in [2.24, 2.45) is 39.4 Å². The molecule has 5 amide bonds. The fourth-order valence-electron chi connectivity index (χ4n) is 9.80. The van der Waals surface area contributed by atoms with Crippen LogP contribution in [-0.2, 0) is 28.8 Å². The van der Waals surface area contributed by atoms with E-state index in [2.05, 4.69) is 37.0 Å². The number of fused-ring (bicyclic) bond motifs is 1. The van der Waals surface area contributed by atoms with Crippen LogP contribution in [0, 0.1) is 51.8 Å². The van der Waals surface area contributed by atoms with Crippen LogP contribution >= 0.6 is 0 Å². The van der Waals surface area contributed by atoms with Gasteiger partial charge in [0.2, 0.25) is 23.5 Å². The van der Waals surface area contributed by atoms with Crippen LogP contribution < -0.4 is 10.6 Å². The van der Waals surface area contributed by atoms with Gasteiger partial charge in [-0.25, -0.2) is 4.79 Å². The molecule has 1 unspecified atom stereocenters. The summed E-state index contributed by atoms with van der Waals surface area (Å²) in [6.07, 6.45) is 14.1. The number of urea groups is 1. The Balaban J connectivity index is 1.64. The average molecular weight is 777 g/mol. The predicted molar refractivity (Wildman–Crippen MR) is 216 cm³/mol. The second kappa shape index (κ2) is 17.8. The second-order valence-corrected chi connectivity index (χ2v) is 20.1. The van der Waals surface area contributed by atoms with Gasteiger partial charge in [0.15, 0.2) is 11.6 Å². The largest absolute Gasteiger partial charge is 0.333 e. The summed E-state index contributed by atoms with van der Waals surface area (Å²) in [5.74, 6) is -0.687. The molecule has 0 aromatic carbocycles. The lowest BCUT2D eigenvalue weighted by Gasteiger charge is -2.43. The molecule has 2 saturated carbocycles. The van der Waals surface area contributed by atoms with Gasteiger partial charge < -0.3 is 15.5 Å². The van der Waals surface area contributed by atoms with E-state index in [4.69, 9.17) is 6.42 Å². The van der Waals surface area contributed by atoms with Crippen LogP contribution in [0.5, 0.6) is 0 Å². The molecule has 2 saturated heterocycles. The van der Waals surface area contributed by atoms with Gasteiger partial charge in [0.05, 0.1) is 12.1 Å². The van der Waals surface area contributed by atoms with Gasteiger partial charge in [0, 0.05) is 51.1 Å². The SMILES string of the molecule is C#CCCC(CC(=O)[C@@H]1[C@H]2CCC(C)(C)[C@H]2CN1C(=O)[C@@H](NC(=O)N[C@H](CN1C(=O)CC(C)(C)CC1=O)C(C)(C)C)C1(C)CCCCC1)C(=O)C(=O)CCC=C. The topological polar surface area (TPSA) is 150 Å². The Morgan fingerprint density at radius 3 is 2.16 bits per heavy atom. The molecule has 310 valence electrons. The van der Waals surface area contributed by atoms with E-state index in [9.17, 15) is 28.8 Å². The second-order valence-electron chi connectivity index (χ2n) is 20.1. The van der Waals surface area contributed by atoms with Gasteiger partial charge in [-0.15, -0.1) is 18.9 Å². The molecular weight excluding hydrogens is 709 g/mol. The highest BCUT2D eigenvalue weighted by atomic mass is 16.2. The highest BCUT2D eigenvalue weighted by Crippen LogP contribution is 2.54. The Kier molecular flexibility index (Phi) is 14.2. The predicted octanol–water partition coefficient (Wildman–Crippen LogP) is 6.57. The minimum absolute atomic E-state index is 0.0113. The number of imide groups is 1. The quantitative estimate of drug-likeness (QED) is 0.0780.